The van der Waals surface area contributed by atoms with Gasteiger partial charge in [-0.2, -0.15) is 11.8 Å². The second-order valence-corrected chi connectivity index (χ2v) is 4.73. The number of nitrogens with one attached hydrogen (secondary N) is 1. The summed E-state index contributed by atoms with van der Waals surface area (Å²) in [4.78, 5) is 4.32. The van der Waals surface area contributed by atoms with Crippen LogP contribution in [0.2, 0.25) is 0 Å². The van der Waals surface area contributed by atoms with Gasteiger partial charge in [0.1, 0.15) is 5.82 Å². The standard InChI is InChI=1S/C11H19N3OS/c1-9-3-4-10(12)11(14-9)13-5-8-16-7-2-6-15/h3-4,15H,2,5-8,12H2,1H3,(H,13,14). The number of hydrogen-bond donors (Lipinski definition) is 3. The zero-order valence-corrected chi connectivity index (χ0v) is 10.4. The molecular weight excluding hydrogens is 222 g/mol. The number of aryl methyl sites for hydroxylation is 1. The maximum absolute atomic E-state index is 8.61. The van der Waals surface area contributed by atoms with E-state index in [4.69, 9.17) is 10.8 Å². The van der Waals surface area contributed by atoms with Gasteiger partial charge in [-0.3, -0.25) is 0 Å². The van der Waals surface area contributed by atoms with Gasteiger partial charge < -0.3 is 16.2 Å². The monoisotopic (exact) mass is 241 g/mol. The molecule has 1 heterocycles. The first-order valence-corrected chi connectivity index (χ1v) is 6.55. The molecule has 0 aromatic carbocycles. The van der Waals surface area contributed by atoms with Gasteiger partial charge in [0.15, 0.2) is 0 Å². The van der Waals surface area contributed by atoms with E-state index in [0.29, 0.717) is 5.69 Å². The fourth-order valence-electron chi connectivity index (χ4n) is 1.22. The van der Waals surface area contributed by atoms with Gasteiger partial charge in [0, 0.05) is 24.6 Å². The summed E-state index contributed by atoms with van der Waals surface area (Å²) in [7, 11) is 0. The van der Waals surface area contributed by atoms with Gasteiger partial charge in [-0.15, -0.1) is 0 Å². The molecule has 0 spiro atoms. The van der Waals surface area contributed by atoms with Gasteiger partial charge in [0.25, 0.3) is 0 Å². The third kappa shape index (κ3) is 4.72. The molecule has 1 aromatic heterocycles. The normalized spacial score (nSPS) is 10.4. The Morgan fingerprint density at radius 2 is 2.25 bits per heavy atom. The predicted octanol–water partition coefficient (Wildman–Crippen LogP) is 1.50. The SMILES string of the molecule is Cc1ccc(N)c(NCCSCCCO)n1. The number of hydrogen-bond acceptors (Lipinski definition) is 5. The van der Waals surface area contributed by atoms with Crippen molar-refractivity contribution in [1.82, 2.24) is 4.98 Å². The number of aromatic nitrogens is 1. The van der Waals surface area contributed by atoms with Crippen molar-refractivity contribution in [2.24, 2.45) is 0 Å². The van der Waals surface area contributed by atoms with E-state index in [1.807, 2.05) is 30.8 Å². The summed E-state index contributed by atoms with van der Waals surface area (Å²) in [5.74, 6) is 2.76. The molecule has 0 aliphatic rings. The average molecular weight is 241 g/mol. The van der Waals surface area contributed by atoms with Crippen LogP contribution in [0.4, 0.5) is 11.5 Å². The van der Waals surface area contributed by atoms with Crippen LogP contribution in [-0.4, -0.2) is 34.7 Å². The molecule has 0 aliphatic heterocycles. The van der Waals surface area contributed by atoms with E-state index in [9.17, 15) is 0 Å². The van der Waals surface area contributed by atoms with Crippen LogP contribution in [0.25, 0.3) is 0 Å². The third-order valence-corrected chi connectivity index (χ3v) is 3.12. The summed E-state index contributed by atoms with van der Waals surface area (Å²) in [5, 5.41) is 11.8. The molecule has 1 rings (SSSR count). The Kier molecular flexibility index (Phi) is 6.03. The van der Waals surface area contributed by atoms with E-state index in [1.165, 1.54) is 0 Å². The topological polar surface area (TPSA) is 71.2 Å². The Bertz CT molecular complexity index is 320. The number of anilines is 2. The largest absolute Gasteiger partial charge is 0.396 e. The van der Waals surface area contributed by atoms with Crippen LogP contribution in [0.15, 0.2) is 12.1 Å². The quantitative estimate of drug-likeness (QED) is 0.631. The van der Waals surface area contributed by atoms with Crippen molar-refractivity contribution in [2.45, 2.75) is 13.3 Å². The number of nitrogen functional groups attached to an aromatic ring is 1. The highest BCUT2D eigenvalue weighted by atomic mass is 32.2. The molecule has 16 heavy (non-hydrogen) atoms. The number of rotatable bonds is 7. The van der Waals surface area contributed by atoms with Crippen molar-refractivity contribution in [3.8, 4) is 0 Å². The minimum absolute atomic E-state index is 0.271. The zero-order chi connectivity index (χ0) is 11.8. The first-order chi connectivity index (χ1) is 7.74. The minimum Gasteiger partial charge on any atom is -0.396 e. The summed E-state index contributed by atoms with van der Waals surface area (Å²) >= 11 is 1.82. The Labute approximate surface area is 101 Å². The fraction of sp³-hybridized carbons (Fsp3) is 0.545. The van der Waals surface area contributed by atoms with Crippen molar-refractivity contribution in [3.63, 3.8) is 0 Å². The molecule has 0 unspecified atom stereocenters. The lowest BCUT2D eigenvalue weighted by atomic mass is 10.3. The molecule has 0 amide bonds. The van der Waals surface area contributed by atoms with Gasteiger partial charge in [-0.05, 0) is 31.2 Å². The van der Waals surface area contributed by atoms with E-state index < -0.39 is 0 Å². The lowest BCUT2D eigenvalue weighted by molar-refractivity contribution is 0.296. The van der Waals surface area contributed by atoms with Gasteiger partial charge in [-0.1, -0.05) is 0 Å². The molecule has 0 saturated heterocycles. The van der Waals surface area contributed by atoms with Crippen LogP contribution in [0.1, 0.15) is 12.1 Å². The highest BCUT2D eigenvalue weighted by molar-refractivity contribution is 7.99. The van der Waals surface area contributed by atoms with E-state index in [1.54, 1.807) is 0 Å². The maximum Gasteiger partial charge on any atom is 0.149 e. The Hall–Kier alpha value is -0.940. The maximum atomic E-state index is 8.61. The van der Waals surface area contributed by atoms with Gasteiger partial charge in [0.2, 0.25) is 0 Å². The molecule has 1 aromatic rings. The number of aliphatic hydroxyl groups excluding tert-OH is 1. The van der Waals surface area contributed by atoms with Gasteiger partial charge >= 0.3 is 0 Å². The van der Waals surface area contributed by atoms with Crippen LogP contribution in [0, 0.1) is 6.92 Å². The summed E-state index contributed by atoms with van der Waals surface area (Å²) < 4.78 is 0. The van der Waals surface area contributed by atoms with E-state index in [0.717, 1.165) is 36.0 Å². The molecule has 4 N–H and O–H groups in total. The lowest BCUT2D eigenvalue weighted by Crippen LogP contribution is -2.09. The second-order valence-electron chi connectivity index (χ2n) is 3.51. The highest BCUT2D eigenvalue weighted by Crippen LogP contribution is 2.15. The summed E-state index contributed by atoms with van der Waals surface area (Å²) in [5.41, 5.74) is 7.44. The van der Waals surface area contributed by atoms with E-state index >= 15 is 0 Å². The average Bonchev–Trinajstić information content (AvgIpc) is 2.28. The van der Waals surface area contributed by atoms with E-state index in [2.05, 4.69) is 10.3 Å². The molecule has 5 heteroatoms. The van der Waals surface area contributed by atoms with Gasteiger partial charge in [0.05, 0.1) is 5.69 Å². The fourth-order valence-corrected chi connectivity index (χ4v) is 2.00. The third-order valence-electron chi connectivity index (χ3n) is 2.05. The highest BCUT2D eigenvalue weighted by Gasteiger charge is 1.99. The Morgan fingerprint density at radius 1 is 1.44 bits per heavy atom. The second kappa shape index (κ2) is 7.35. The first kappa shape index (κ1) is 13.1. The Balaban J connectivity index is 2.23. The van der Waals surface area contributed by atoms with Crippen molar-refractivity contribution < 1.29 is 5.11 Å². The van der Waals surface area contributed by atoms with E-state index in [-0.39, 0.29) is 6.61 Å². The smallest absolute Gasteiger partial charge is 0.149 e. The Morgan fingerprint density at radius 3 is 3.00 bits per heavy atom. The number of thioether (sulfide) groups is 1. The first-order valence-electron chi connectivity index (χ1n) is 5.39. The molecule has 0 radical (unpaired) electrons. The number of pyridine rings is 1. The zero-order valence-electron chi connectivity index (χ0n) is 9.57. The van der Waals surface area contributed by atoms with Crippen LogP contribution in [0.5, 0.6) is 0 Å². The van der Waals surface area contributed by atoms with Crippen molar-refractivity contribution in [1.29, 1.82) is 0 Å². The number of nitrogens with zero attached hydrogens (tertiary/aromatic N) is 1. The molecule has 0 aliphatic carbocycles. The molecule has 90 valence electrons. The molecule has 0 fully saturated rings. The van der Waals surface area contributed by atoms with Crippen molar-refractivity contribution >= 4 is 23.3 Å². The number of aliphatic hydroxyl groups is 1. The lowest BCUT2D eigenvalue weighted by Gasteiger charge is -2.08. The van der Waals surface area contributed by atoms with Crippen LogP contribution >= 0.6 is 11.8 Å². The van der Waals surface area contributed by atoms with Crippen molar-refractivity contribution in [2.75, 3.05) is 35.7 Å². The minimum atomic E-state index is 0.271. The molecule has 0 saturated carbocycles. The molecular formula is C11H19N3OS. The van der Waals surface area contributed by atoms with Crippen LogP contribution < -0.4 is 11.1 Å². The summed E-state index contributed by atoms with van der Waals surface area (Å²) in [6.45, 7) is 3.06. The summed E-state index contributed by atoms with van der Waals surface area (Å²) in [6.07, 6.45) is 0.857. The predicted molar refractivity (Wildman–Crippen MR) is 70.9 cm³/mol. The van der Waals surface area contributed by atoms with Crippen LogP contribution in [-0.2, 0) is 0 Å². The molecule has 0 atom stereocenters. The number of nitrogens with two attached hydrogens (primary N) is 1. The van der Waals surface area contributed by atoms with Crippen LogP contribution in [0.3, 0.4) is 0 Å². The van der Waals surface area contributed by atoms with Crippen molar-refractivity contribution in [3.05, 3.63) is 17.8 Å². The van der Waals surface area contributed by atoms with Gasteiger partial charge in [-0.25, -0.2) is 4.98 Å². The molecule has 4 nitrogen and oxygen atoms in total. The molecule has 0 bridgehead atoms. The summed E-state index contributed by atoms with van der Waals surface area (Å²) in [6, 6.07) is 3.76.